The molecule has 4 atom stereocenters. The van der Waals surface area contributed by atoms with Crippen LogP contribution in [0.4, 0.5) is 0 Å². The summed E-state index contributed by atoms with van der Waals surface area (Å²) >= 11 is 0. The molecule has 0 amide bonds. The Labute approximate surface area is 105 Å². The summed E-state index contributed by atoms with van der Waals surface area (Å²) in [4.78, 5) is 2.51. The highest BCUT2D eigenvalue weighted by Gasteiger charge is 2.34. The first-order valence-corrected chi connectivity index (χ1v) is 7.27. The molecule has 100 valence electrons. The van der Waals surface area contributed by atoms with Gasteiger partial charge in [0.15, 0.2) is 0 Å². The second-order valence-corrected chi connectivity index (χ2v) is 6.21. The molecule has 0 aromatic rings. The molecule has 2 fully saturated rings. The van der Waals surface area contributed by atoms with Crippen molar-refractivity contribution in [3.63, 3.8) is 0 Å². The van der Waals surface area contributed by atoms with E-state index in [1.807, 2.05) is 0 Å². The average molecular weight is 240 g/mol. The van der Waals surface area contributed by atoms with Crippen molar-refractivity contribution in [2.24, 2.45) is 17.6 Å². The number of piperidine rings is 1. The second kappa shape index (κ2) is 5.68. The third-order valence-electron chi connectivity index (χ3n) is 4.55. The zero-order valence-electron chi connectivity index (χ0n) is 11.3. The molecule has 1 saturated carbocycles. The Hall–Kier alpha value is -0.120. The molecule has 3 nitrogen and oxygen atoms in total. The molecule has 0 aromatic heterocycles. The van der Waals surface area contributed by atoms with E-state index in [4.69, 9.17) is 5.73 Å². The summed E-state index contributed by atoms with van der Waals surface area (Å²) in [5, 5.41) is 10.1. The number of hydrogen-bond acceptors (Lipinski definition) is 3. The molecule has 2 rings (SSSR count). The minimum absolute atomic E-state index is 0.0657. The normalized spacial score (nSPS) is 34.6. The van der Waals surface area contributed by atoms with Gasteiger partial charge in [0, 0.05) is 25.2 Å². The monoisotopic (exact) mass is 240 g/mol. The number of aliphatic hydroxyl groups is 1. The molecule has 0 bridgehead atoms. The van der Waals surface area contributed by atoms with Crippen LogP contribution in [0.15, 0.2) is 0 Å². The van der Waals surface area contributed by atoms with Gasteiger partial charge in [-0.2, -0.15) is 0 Å². The molecule has 1 aliphatic carbocycles. The van der Waals surface area contributed by atoms with Crippen molar-refractivity contribution in [1.82, 2.24) is 4.90 Å². The smallest absolute Gasteiger partial charge is 0.0571 e. The van der Waals surface area contributed by atoms with E-state index in [0.29, 0.717) is 23.9 Å². The van der Waals surface area contributed by atoms with Crippen LogP contribution in [0.1, 0.15) is 46.0 Å². The number of likely N-dealkylation sites (tertiary alicyclic amines) is 1. The third-order valence-corrected chi connectivity index (χ3v) is 4.55. The Morgan fingerprint density at radius 1 is 1.35 bits per heavy atom. The summed E-state index contributed by atoms with van der Waals surface area (Å²) in [5.74, 6) is 1.20. The van der Waals surface area contributed by atoms with Crippen LogP contribution in [0.5, 0.6) is 0 Å². The van der Waals surface area contributed by atoms with Crippen LogP contribution in [0.3, 0.4) is 0 Å². The summed E-state index contributed by atoms with van der Waals surface area (Å²) in [6, 6.07) is 0.927. The molecule has 17 heavy (non-hydrogen) atoms. The fourth-order valence-corrected chi connectivity index (χ4v) is 3.09. The van der Waals surface area contributed by atoms with E-state index in [1.165, 1.54) is 19.3 Å². The van der Waals surface area contributed by atoms with Crippen LogP contribution in [0, 0.1) is 11.8 Å². The van der Waals surface area contributed by atoms with Crippen molar-refractivity contribution in [3.05, 3.63) is 0 Å². The molecule has 2 aliphatic rings. The molecule has 3 N–H and O–H groups in total. The Kier molecular flexibility index (Phi) is 4.45. The zero-order chi connectivity index (χ0) is 12.4. The summed E-state index contributed by atoms with van der Waals surface area (Å²) in [7, 11) is 0. The quantitative estimate of drug-likeness (QED) is 0.767. The van der Waals surface area contributed by atoms with E-state index in [-0.39, 0.29) is 6.10 Å². The molecule has 1 heterocycles. The molecule has 4 unspecified atom stereocenters. The third kappa shape index (κ3) is 3.67. The van der Waals surface area contributed by atoms with Crippen molar-refractivity contribution in [2.45, 2.75) is 64.1 Å². The first-order valence-electron chi connectivity index (χ1n) is 7.27. The molecular formula is C14H28N2O. The summed E-state index contributed by atoms with van der Waals surface area (Å²) in [6.07, 6.45) is 5.64. The van der Waals surface area contributed by atoms with E-state index >= 15 is 0 Å². The highest BCUT2D eigenvalue weighted by atomic mass is 16.3. The van der Waals surface area contributed by atoms with Gasteiger partial charge in [-0.05, 0) is 50.9 Å². The number of hydrogen-bond donors (Lipinski definition) is 2. The first kappa shape index (κ1) is 13.3. The molecule has 0 spiro atoms. The van der Waals surface area contributed by atoms with E-state index < -0.39 is 0 Å². The fraction of sp³-hybridized carbons (Fsp3) is 1.00. The van der Waals surface area contributed by atoms with E-state index in [0.717, 1.165) is 25.9 Å². The first-order chi connectivity index (χ1) is 8.10. The van der Waals surface area contributed by atoms with Gasteiger partial charge in [-0.25, -0.2) is 0 Å². The van der Waals surface area contributed by atoms with Crippen molar-refractivity contribution >= 4 is 0 Å². The lowest BCUT2D eigenvalue weighted by atomic mass is 9.88. The van der Waals surface area contributed by atoms with Crippen LogP contribution < -0.4 is 5.73 Å². The van der Waals surface area contributed by atoms with Gasteiger partial charge in [-0.3, -0.25) is 4.90 Å². The predicted octanol–water partition coefficient (Wildman–Crippen LogP) is 1.60. The molecule has 1 saturated heterocycles. The predicted molar refractivity (Wildman–Crippen MR) is 70.8 cm³/mol. The van der Waals surface area contributed by atoms with E-state index in [9.17, 15) is 5.11 Å². The highest BCUT2D eigenvalue weighted by Crippen LogP contribution is 2.36. The topological polar surface area (TPSA) is 49.5 Å². The number of nitrogens with two attached hydrogens (primary N) is 1. The van der Waals surface area contributed by atoms with Crippen LogP contribution in [-0.2, 0) is 0 Å². The molecule has 1 aliphatic heterocycles. The maximum Gasteiger partial charge on any atom is 0.0571 e. The van der Waals surface area contributed by atoms with Gasteiger partial charge in [-0.1, -0.05) is 6.92 Å². The molecule has 0 aromatic carbocycles. The van der Waals surface area contributed by atoms with Gasteiger partial charge >= 0.3 is 0 Å². The van der Waals surface area contributed by atoms with Gasteiger partial charge in [0.05, 0.1) is 6.10 Å². The summed E-state index contributed by atoms with van der Waals surface area (Å²) in [6.45, 7) is 6.68. The Morgan fingerprint density at radius 2 is 2.06 bits per heavy atom. The van der Waals surface area contributed by atoms with Gasteiger partial charge in [-0.15, -0.1) is 0 Å². The van der Waals surface area contributed by atoms with Gasteiger partial charge in [0.1, 0.15) is 0 Å². The minimum atomic E-state index is -0.0657. The SMILES string of the molecule is CCC(C)N1CC(N)CC(CC(O)C2CC2)C1. The lowest BCUT2D eigenvalue weighted by Gasteiger charge is -2.40. The number of rotatable bonds is 5. The van der Waals surface area contributed by atoms with Gasteiger partial charge in [0.2, 0.25) is 0 Å². The van der Waals surface area contributed by atoms with Crippen LogP contribution in [0.25, 0.3) is 0 Å². The fourth-order valence-electron chi connectivity index (χ4n) is 3.09. The number of nitrogens with zero attached hydrogens (tertiary/aromatic N) is 1. The Bertz CT molecular complexity index is 242. The maximum absolute atomic E-state index is 10.1. The standard InChI is InChI=1S/C14H28N2O/c1-3-10(2)16-8-11(6-13(15)9-16)7-14(17)12-4-5-12/h10-14,17H,3-9,15H2,1-2H3. The summed E-state index contributed by atoms with van der Waals surface area (Å²) < 4.78 is 0. The maximum atomic E-state index is 10.1. The van der Waals surface area contributed by atoms with Crippen molar-refractivity contribution < 1.29 is 5.11 Å². The highest BCUT2D eigenvalue weighted by molar-refractivity contribution is 4.88. The van der Waals surface area contributed by atoms with Gasteiger partial charge in [0.25, 0.3) is 0 Å². The van der Waals surface area contributed by atoms with Crippen molar-refractivity contribution in [3.8, 4) is 0 Å². The van der Waals surface area contributed by atoms with Crippen LogP contribution in [0.2, 0.25) is 0 Å². The van der Waals surface area contributed by atoms with Gasteiger partial charge < -0.3 is 10.8 Å². The Morgan fingerprint density at radius 3 is 2.65 bits per heavy atom. The van der Waals surface area contributed by atoms with E-state index in [2.05, 4.69) is 18.7 Å². The second-order valence-electron chi connectivity index (χ2n) is 6.21. The van der Waals surface area contributed by atoms with Crippen LogP contribution in [-0.4, -0.2) is 41.3 Å². The average Bonchev–Trinajstić information content (AvgIpc) is 3.10. The zero-order valence-corrected chi connectivity index (χ0v) is 11.3. The minimum Gasteiger partial charge on any atom is -0.393 e. The lowest BCUT2D eigenvalue weighted by molar-refractivity contribution is 0.0648. The number of aliphatic hydroxyl groups excluding tert-OH is 1. The Balaban J connectivity index is 1.84. The van der Waals surface area contributed by atoms with E-state index in [1.54, 1.807) is 0 Å². The molecule has 3 heteroatoms. The van der Waals surface area contributed by atoms with Crippen molar-refractivity contribution in [2.75, 3.05) is 13.1 Å². The summed E-state index contributed by atoms with van der Waals surface area (Å²) in [5.41, 5.74) is 6.15. The lowest BCUT2D eigenvalue weighted by Crippen LogP contribution is -2.50. The molecule has 0 radical (unpaired) electrons. The van der Waals surface area contributed by atoms with Crippen molar-refractivity contribution in [1.29, 1.82) is 0 Å². The molecular weight excluding hydrogens is 212 g/mol. The van der Waals surface area contributed by atoms with Crippen LogP contribution >= 0.6 is 0 Å². The largest absolute Gasteiger partial charge is 0.393 e.